The van der Waals surface area contributed by atoms with Crippen molar-refractivity contribution in [1.82, 2.24) is 14.9 Å². The van der Waals surface area contributed by atoms with Crippen LogP contribution in [0.25, 0.3) is 10.9 Å². The number of hydrogen-bond acceptors (Lipinski definition) is 9. The fourth-order valence-electron chi connectivity index (χ4n) is 5.54. The molecule has 10 nitrogen and oxygen atoms in total. The van der Waals surface area contributed by atoms with E-state index < -0.39 is 8.32 Å². The first-order chi connectivity index (χ1) is 23.8. The molecule has 3 heterocycles. The quantitative estimate of drug-likeness (QED) is 0.110. The van der Waals surface area contributed by atoms with E-state index in [1.54, 1.807) is 36.5 Å². The number of carbonyl (C=O) groups is 1. The molecule has 2 atom stereocenters. The summed E-state index contributed by atoms with van der Waals surface area (Å²) in [6.45, 7) is 14.6. The number of anilines is 3. The molecule has 1 amide bonds. The van der Waals surface area contributed by atoms with Crippen molar-refractivity contribution in [2.45, 2.75) is 71.0 Å². The minimum Gasteiger partial charge on any atom is -0.492 e. The summed E-state index contributed by atoms with van der Waals surface area (Å²) in [4.78, 5) is 24.3. The highest BCUT2D eigenvalue weighted by Gasteiger charge is 2.41. The first-order valence-electron chi connectivity index (χ1n) is 16.7. The molecule has 2 aromatic carbocycles. The Morgan fingerprint density at radius 1 is 1.14 bits per heavy atom. The van der Waals surface area contributed by atoms with E-state index >= 15 is 0 Å². The number of hydrogen-bond donors (Lipinski definition) is 2. The van der Waals surface area contributed by atoms with Gasteiger partial charge in [-0.2, -0.15) is 5.26 Å². The highest BCUT2D eigenvalue weighted by Crippen LogP contribution is 2.40. The number of aromatic nitrogens is 2. The summed E-state index contributed by atoms with van der Waals surface area (Å²) in [5.74, 6) is 0.687. The molecule has 0 bridgehead atoms. The van der Waals surface area contributed by atoms with Crippen LogP contribution in [-0.4, -0.2) is 61.4 Å². The fourth-order valence-corrected chi connectivity index (χ4v) is 7.14. The van der Waals surface area contributed by atoms with Crippen molar-refractivity contribution >= 4 is 53.8 Å². The molecule has 1 fully saturated rings. The van der Waals surface area contributed by atoms with E-state index in [-0.39, 0.29) is 29.7 Å². The number of fused-ring (bicyclic) bond motifs is 1. The van der Waals surface area contributed by atoms with Gasteiger partial charge in [0.2, 0.25) is 5.91 Å². The summed E-state index contributed by atoms with van der Waals surface area (Å²) in [5, 5.41) is 17.5. The van der Waals surface area contributed by atoms with Crippen LogP contribution in [0, 0.1) is 11.3 Å². The van der Waals surface area contributed by atoms with Crippen LogP contribution in [0.5, 0.6) is 11.5 Å². The van der Waals surface area contributed by atoms with Crippen molar-refractivity contribution < 1.29 is 18.7 Å². The Labute approximate surface area is 300 Å². The smallest absolute Gasteiger partial charge is 0.248 e. The van der Waals surface area contributed by atoms with Gasteiger partial charge in [-0.15, -0.1) is 0 Å². The molecular weight excluding hydrogens is 668 g/mol. The van der Waals surface area contributed by atoms with Crippen LogP contribution in [0.1, 0.15) is 45.4 Å². The second-order valence-corrected chi connectivity index (χ2v) is 19.1. The molecule has 1 saturated heterocycles. The summed E-state index contributed by atoms with van der Waals surface area (Å²) in [6, 6.07) is 16.8. The predicted molar refractivity (Wildman–Crippen MR) is 202 cm³/mol. The standard InChI is InChI=1S/C38H45ClN6O4Si/c1-8-47-35-20-32-30(19-33(35)44-36(46)15-13-28-18-29(23-45(28)5)49-50(6,7)38(2,3)4)37(25(21-40)22-42-32)43-26-12-14-34(31(39)17-26)48-24-27-11-9-10-16-41-27/h9-17,19-20,22,28-29H,8,18,23-24H2,1-7H3,(H,42,43)(H,44,46)/t28-,29-/m1/s1. The Balaban J connectivity index is 1.35. The van der Waals surface area contributed by atoms with E-state index in [0.29, 0.717) is 56.7 Å². The Kier molecular flexibility index (Phi) is 11.5. The summed E-state index contributed by atoms with van der Waals surface area (Å²) in [5.41, 5.74) is 3.32. The van der Waals surface area contributed by atoms with Crippen molar-refractivity contribution in [3.63, 3.8) is 0 Å². The lowest BCUT2D eigenvalue weighted by atomic mass is 10.1. The Morgan fingerprint density at radius 3 is 2.62 bits per heavy atom. The third-order valence-corrected chi connectivity index (χ3v) is 14.1. The largest absolute Gasteiger partial charge is 0.492 e. The first-order valence-corrected chi connectivity index (χ1v) is 20.0. The number of amides is 1. The third-order valence-electron chi connectivity index (χ3n) is 9.25. The zero-order valence-corrected chi connectivity index (χ0v) is 31.5. The summed E-state index contributed by atoms with van der Waals surface area (Å²) in [6.07, 6.45) is 7.67. The van der Waals surface area contributed by atoms with Gasteiger partial charge in [0, 0.05) is 48.2 Å². The number of benzene rings is 2. The molecule has 2 N–H and O–H groups in total. The minimum atomic E-state index is -1.91. The highest BCUT2D eigenvalue weighted by atomic mass is 35.5. The van der Waals surface area contributed by atoms with E-state index in [1.807, 2.05) is 37.3 Å². The topological polar surface area (TPSA) is 122 Å². The van der Waals surface area contributed by atoms with Gasteiger partial charge >= 0.3 is 0 Å². The van der Waals surface area contributed by atoms with Gasteiger partial charge in [-0.1, -0.05) is 44.5 Å². The molecule has 2 aromatic heterocycles. The van der Waals surface area contributed by atoms with Gasteiger partial charge in [0.25, 0.3) is 0 Å². The number of nitrogens with one attached hydrogen (secondary N) is 2. The van der Waals surface area contributed by atoms with Crippen LogP contribution in [0.4, 0.5) is 17.1 Å². The van der Waals surface area contributed by atoms with E-state index in [0.717, 1.165) is 18.7 Å². The van der Waals surface area contributed by atoms with Crippen molar-refractivity contribution in [2.24, 2.45) is 0 Å². The average molecular weight is 713 g/mol. The van der Waals surface area contributed by atoms with E-state index in [1.165, 1.54) is 6.20 Å². The van der Waals surface area contributed by atoms with Gasteiger partial charge in [-0.3, -0.25) is 19.7 Å². The summed E-state index contributed by atoms with van der Waals surface area (Å²) < 4.78 is 18.4. The fraction of sp³-hybridized carbons (Fsp3) is 0.368. The van der Waals surface area contributed by atoms with Crippen LogP contribution in [-0.2, 0) is 15.8 Å². The van der Waals surface area contributed by atoms with E-state index in [4.69, 9.17) is 25.5 Å². The van der Waals surface area contributed by atoms with E-state index in [2.05, 4.69) is 72.5 Å². The minimum absolute atomic E-state index is 0.0790. The number of halogens is 1. The molecule has 12 heteroatoms. The third kappa shape index (κ3) is 8.81. The van der Waals surface area contributed by atoms with Gasteiger partial charge in [0.1, 0.15) is 24.2 Å². The number of carbonyl (C=O) groups excluding carboxylic acids is 1. The highest BCUT2D eigenvalue weighted by molar-refractivity contribution is 6.74. The van der Waals surface area contributed by atoms with Crippen LogP contribution < -0.4 is 20.1 Å². The normalized spacial score (nSPS) is 16.8. The maximum atomic E-state index is 13.3. The molecule has 262 valence electrons. The first kappa shape index (κ1) is 36.8. The lowest BCUT2D eigenvalue weighted by Crippen LogP contribution is -2.44. The number of nitriles is 1. The second-order valence-electron chi connectivity index (χ2n) is 13.9. The predicted octanol–water partition coefficient (Wildman–Crippen LogP) is 8.47. The maximum Gasteiger partial charge on any atom is 0.248 e. The lowest BCUT2D eigenvalue weighted by Gasteiger charge is -2.38. The van der Waals surface area contributed by atoms with E-state index in [9.17, 15) is 10.1 Å². The SMILES string of the molecule is CCOc1cc2ncc(C#N)c(Nc3ccc(OCc4ccccn4)c(Cl)c3)c2cc1NC(=O)C=C[C@@H]1C[C@@H](O[Si](C)(C)C(C)(C)C)CN1C. The Morgan fingerprint density at radius 2 is 1.94 bits per heavy atom. The number of nitrogens with zero attached hydrogens (tertiary/aromatic N) is 4. The van der Waals surface area contributed by atoms with Crippen molar-refractivity contribution in [3.8, 4) is 17.6 Å². The molecule has 0 aliphatic carbocycles. The van der Waals surface area contributed by atoms with Gasteiger partial charge in [-0.05, 0) is 74.9 Å². The molecule has 0 spiro atoms. The number of pyridine rings is 2. The average Bonchev–Trinajstić information content (AvgIpc) is 3.41. The van der Waals surface area contributed by atoms with Crippen LogP contribution in [0.3, 0.4) is 0 Å². The molecule has 5 rings (SSSR count). The van der Waals surface area contributed by atoms with Crippen molar-refractivity contribution in [1.29, 1.82) is 5.26 Å². The zero-order chi connectivity index (χ0) is 36.1. The molecule has 50 heavy (non-hydrogen) atoms. The monoisotopic (exact) mass is 712 g/mol. The van der Waals surface area contributed by atoms with Gasteiger partial charge in [0.05, 0.1) is 45.9 Å². The number of likely N-dealkylation sites (tertiary alicyclic amines) is 1. The number of rotatable bonds is 12. The van der Waals surface area contributed by atoms with Crippen LogP contribution >= 0.6 is 11.6 Å². The summed E-state index contributed by atoms with van der Waals surface area (Å²) >= 11 is 6.59. The summed E-state index contributed by atoms with van der Waals surface area (Å²) in [7, 11) is 0.151. The Bertz CT molecular complexity index is 1910. The molecule has 0 saturated carbocycles. The van der Waals surface area contributed by atoms with Gasteiger partial charge in [-0.25, -0.2) is 0 Å². The van der Waals surface area contributed by atoms with Crippen molar-refractivity contribution in [2.75, 3.05) is 30.8 Å². The maximum absolute atomic E-state index is 13.3. The number of likely N-dealkylation sites (N-methyl/N-ethyl adjacent to an activating group) is 1. The Hall–Kier alpha value is -4.47. The van der Waals surface area contributed by atoms with Gasteiger partial charge < -0.3 is 24.5 Å². The molecule has 0 unspecified atom stereocenters. The van der Waals surface area contributed by atoms with Gasteiger partial charge in [0.15, 0.2) is 8.32 Å². The van der Waals surface area contributed by atoms with Crippen molar-refractivity contribution in [3.05, 3.63) is 89.4 Å². The van der Waals surface area contributed by atoms with Crippen LogP contribution in [0.15, 0.2) is 73.1 Å². The molecule has 1 aliphatic rings. The molecule has 4 aromatic rings. The van der Waals surface area contributed by atoms with Crippen LogP contribution in [0.2, 0.25) is 23.2 Å². The molecule has 1 aliphatic heterocycles. The molecule has 0 radical (unpaired) electrons. The number of ether oxygens (including phenoxy) is 2. The zero-order valence-electron chi connectivity index (χ0n) is 29.7. The second kappa shape index (κ2) is 15.6. The molecular formula is C38H45ClN6O4Si. The lowest BCUT2D eigenvalue weighted by molar-refractivity contribution is -0.112.